The lowest BCUT2D eigenvalue weighted by molar-refractivity contribution is -0.119. The van der Waals surface area contributed by atoms with Crippen molar-refractivity contribution in [3.05, 3.63) is 26.6 Å². The monoisotopic (exact) mass is 421 g/mol. The molecule has 0 radical (unpaired) electrons. The molecule has 1 aliphatic rings. The molecule has 3 rings (SSSR count). The van der Waals surface area contributed by atoms with Crippen molar-refractivity contribution in [3.63, 3.8) is 0 Å². The van der Waals surface area contributed by atoms with Crippen LogP contribution in [0.2, 0.25) is 0 Å². The van der Waals surface area contributed by atoms with Crippen LogP contribution in [0.4, 0.5) is 0 Å². The van der Waals surface area contributed by atoms with E-state index in [0.29, 0.717) is 23.2 Å². The molecule has 1 atom stereocenters. The number of hydrogen-bond donors (Lipinski definition) is 2. The minimum Gasteiger partial charge on any atom is -0.353 e. The van der Waals surface area contributed by atoms with Gasteiger partial charge >= 0.3 is 0 Å². The summed E-state index contributed by atoms with van der Waals surface area (Å²) in [6, 6.07) is 0.207. The molecule has 2 N–H and O–H groups in total. The number of nitrogens with one attached hydrogen (secondary N) is 2. The largest absolute Gasteiger partial charge is 0.353 e. The van der Waals surface area contributed by atoms with Gasteiger partial charge in [0.25, 0.3) is 5.56 Å². The van der Waals surface area contributed by atoms with Gasteiger partial charge in [-0.15, -0.1) is 23.1 Å². The summed E-state index contributed by atoms with van der Waals surface area (Å²) in [6.45, 7) is 6.51. The lowest BCUT2D eigenvalue weighted by Gasteiger charge is -2.14. The Kier molecular flexibility index (Phi) is 7.57. The second kappa shape index (κ2) is 9.92. The number of nitrogens with zero attached hydrogens (tertiary/aromatic N) is 1. The molecule has 0 aliphatic heterocycles. The third kappa shape index (κ3) is 5.60. The van der Waals surface area contributed by atoms with Crippen molar-refractivity contribution in [2.24, 2.45) is 5.92 Å². The van der Waals surface area contributed by atoms with Crippen LogP contribution in [-0.2, 0) is 23.4 Å². The molecule has 0 aromatic carbocycles. The van der Waals surface area contributed by atoms with Crippen molar-refractivity contribution < 1.29 is 4.79 Å². The zero-order valence-electron chi connectivity index (χ0n) is 17.1. The Hall–Kier alpha value is -1.34. The number of fused-ring (bicyclic) bond motifs is 3. The molecule has 0 spiro atoms. The average Bonchev–Trinajstić information content (AvgIpc) is 3.00. The van der Waals surface area contributed by atoms with E-state index < -0.39 is 0 Å². The smallest absolute Gasteiger partial charge is 0.259 e. The van der Waals surface area contributed by atoms with Crippen molar-refractivity contribution in [2.45, 2.75) is 77.5 Å². The topological polar surface area (TPSA) is 74.8 Å². The average molecular weight is 422 g/mol. The first-order chi connectivity index (χ1) is 13.4. The van der Waals surface area contributed by atoms with Crippen LogP contribution in [0.1, 0.15) is 69.1 Å². The standard InChI is InChI=1S/C21H31N3O2S2/c1-13(2)7-6-8-14(3)22-18(25)12-27-11-17-23-20(26)19-15-9-4-5-10-16(15)28-21(19)24-17/h13-14H,4-12H2,1-3H3,(H,22,25)(H,23,24,26). The number of H-pyrrole nitrogens is 1. The number of carbonyl (C=O) groups is 1. The zero-order chi connectivity index (χ0) is 20.1. The molecule has 154 valence electrons. The van der Waals surface area contributed by atoms with E-state index >= 15 is 0 Å². The highest BCUT2D eigenvalue weighted by Crippen LogP contribution is 2.33. The predicted molar refractivity (Wildman–Crippen MR) is 119 cm³/mol. The molecule has 0 saturated carbocycles. The van der Waals surface area contributed by atoms with Gasteiger partial charge in [-0.1, -0.05) is 26.7 Å². The summed E-state index contributed by atoms with van der Waals surface area (Å²) < 4.78 is 0. The van der Waals surface area contributed by atoms with E-state index in [-0.39, 0.29) is 17.5 Å². The van der Waals surface area contributed by atoms with Gasteiger partial charge in [0.2, 0.25) is 5.91 Å². The molecule has 1 amide bonds. The second-order valence-corrected chi connectivity index (χ2v) is 10.3. The molecule has 0 bridgehead atoms. The first kappa shape index (κ1) is 21.4. The molecule has 0 fully saturated rings. The molecule has 0 saturated heterocycles. The van der Waals surface area contributed by atoms with Gasteiger partial charge in [0.15, 0.2) is 0 Å². The summed E-state index contributed by atoms with van der Waals surface area (Å²) in [6.07, 6.45) is 7.76. The van der Waals surface area contributed by atoms with Crippen LogP contribution >= 0.6 is 23.1 Å². The Balaban J connectivity index is 1.50. The Morgan fingerprint density at radius 1 is 1.25 bits per heavy atom. The number of aromatic nitrogens is 2. The highest BCUT2D eigenvalue weighted by molar-refractivity contribution is 7.99. The molecule has 1 unspecified atom stereocenters. The molecular formula is C21H31N3O2S2. The first-order valence-corrected chi connectivity index (χ1v) is 12.3. The summed E-state index contributed by atoms with van der Waals surface area (Å²) in [5.74, 6) is 2.36. The molecule has 5 nitrogen and oxygen atoms in total. The zero-order valence-corrected chi connectivity index (χ0v) is 18.7. The summed E-state index contributed by atoms with van der Waals surface area (Å²) >= 11 is 3.16. The third-order valence-electron chi connectivity index (χ3n) is 5.17. The normalized spacial score (nSPS) is 15.0. The molecule has 7 heteroatoms. The second-order valence-electron chi connectivity index (χ2n) is 8.19. The first-order valence-electron chi connectivity index (χ1n) is 10.3. The Morgan fingerprint density at radius 3 is 2.82 bits per heavy atom. The highest BCUT2D eigenvalue weighted by Gasteiger charge is 2.19. The van der Waals surface area contributed by atoms with Gasteiger partial charge < -0.3 is 10.3 Å². The van der Waals surface area contributed by atoms with Crippen molar-refractivity contribution >= 4 is 39.2 Å². The molecule has 1 aliphatic carbocycles. The minimum atomic E-state index is -0.0248. The van der Waals surface area contributed by atoms with E-state index in [0.717, 1.165) is 42.3 Å². The van der Waals surface area contributed by atoms with E-state index in [1.165, 1.54) is 35.0 Å². The Bertz CT molecular complexity index is 872. The fourth-order valence-corrected chi connectivity index (χ4v) is 5.72. The fourth-order valence-electron chi connectivity index (χ4n) is 3.74. The quantitative estimate of drug-likeness (QED) is 0.628. The van der Waals surface area contributed by atoms with Crippen molar-refractivity contribution in [2.75, 3.05) is 5.75 Å². The predicted octanol–water partition coefficient (Wildman–Crippen LogP) is 4.43. The van der Waals surface area contributed by atoms with Gasteiger partial charge in [-0.2, -0.15) is 0 Å². The van der Waals surface area contributed by atoms with E-state index in [2.05, 4.69) is 36.1 Å². The van der Waals surface area contributed by atoms with Gasteiger partial charge in [-0.25, -0.2) is 4.98 Å². The van der Waals surface area contributed by atoms with Crippen LogP contribution in [-0.4, -0.2) is 27.7 Å². The molecule has 2 heterocycles. The third-order valence-corrected chi connectivity index (χ3v) is 7.30. The number of thiophene rings is 1. The van der Waals surface area contributed by atoms with E-state index in [4.69, 9.17) is 0 Å². The van der Waals surface area contributed by atoms with E-state index in [1.54, 1.807) is 11.3 Å². The lowest BCUT2D eigenvalue weighted by atomic mass is 9.97. The van der Waals surface area contributed by atoms with Crippen molar-refractivity contribution in [1.29, 1.82) is 0 Å². The SMILES string of the molecule is CC(C)CCCC(C)NC(=O)CSCc1nc2sc3c(c2c(=O)[nH]1)CCCC3. The molecule has 28 heavy (non-hydrogen) atoms. The Morgan fingerprint density at radius 2 is 2.04 bits per heavy atom. The number of aryl methyl sites for hydroxylation is 2. The van der Waals surface area contributed by atoms with Gasteiger partial charge in [0, 0.05) is 10.9 Å². The summed E-state index contributed by atoms with van der Waals surface area (Å²) in [5, 5.41) is 3.86. The maximum absolute atomic E-state index is 12.5. The van der Waals surface area contributed by atoms with Crippen LogP contribution in [0.25, 0.3) is 10.2 Å². The summed E-state index contributed by atoms with van der Waals surface area (Å²) in [4.78, 5) is 34.5. The van der Waals surface area contributed by atoms with Crippen LogP contribution in [0.5, 0.6) is 0 Å². The summed E-state index contributed by atoms with van der Waals surface area (Å²) in [5.41, 5.74) is 1.19. The van der Waals surface area contributed by atoms with Crippen molar-refractivity contribution in [1.82, 2.24) is 15.3 Å². The fraction of sp³-hybridized carbons (Fsp3) is 0.667. The maximum atomic E-state index is 12.5. The molecular weight excluding hydrogens is 390 g/mol. The van der Waals surface area contributed by atoms with Crippen molar-refractivity contribution in [3.8, 4) is 0 Å². The van der Waals surface area contributed by atoms with Gasteiger partial charge in [0.05, 0.1) is 16.9 Å². The lowest BCUT2D eigenvalue weighted by Crippen LogP contribution is -2.33. The highest BCUT2D eigenvalue weighted by atomic mass is 32.2. The molecule has 2 aromatic heterocycles. The van der Waals surface area contributed by atoms with Crippen LogP contribution in [0.3, 0.4) is 0 Å². The van der Waals surface area contributed by atoms with E-state index in [9.17, 15) is 9.59 Å². The van der Waals surface area contributed by atoms with Crippen LogP contribution in [0.15, 0.2) is 4.79 Å². The summed E-state index contributed by atoms with van der Waals surface area (Å²) in [7, 11) is 0. The Labute approximate surface area is 175 Å². The molecule has 2 aromatic rings. The number of carbonyl (C=O) groups excluding carboxylic acids is 1. The van der Waals surface area contributed by atoms with Gasteiger partial charge in [0.1, 0.15) is 10.7 Å². The minimum absolute atomic E-state index is 0.0248. The number of thioether (sulfide) groups is 1. The number of rotatable bonds is 9. The maximum Gasteiger partial charge on any atom is 0.259 e. The number of hydrogen-bond acceptors (Lipinski definition) is 5. The van der Waals surface area contributed by atoms with Gasteiger partial charge in [-0.05, 0) is 50.5 Å². The van der Waals surface area contributed by atoms with Crippen LogP contribution in [0, 0.1) is 5.92 Å². The van der Waals surface area contributed by atoms with Gasteiger partial charge in [-0.3, -0.25) is 9.59 Å². The number of amides is 1. The number of aromatic amines is 1. The van der Waals surface area contributed by atoms with E-state index in [1.807, 2.05) is 0 Å². The van der Waals surface area contributed by atoms with Crippen LogP contribution < -0.4 is 10.9 Å².